The van der Waals surface area contributed by atoms with E-state index >= 15 is 0 Å². The second kappa shape index (κ2) is 5.51. The van der Waals surface area contributed by atoms with Crippen molar-refractivity contribution in [2.45, 2.75) is 12.9 Å². The molecule has 120 valence electrons. The number of ether oxygens (including phenoxy) is 1. The Morgan fingerprint density at radius 3 is 2.48 bits per heavy atom. The molecule has 0 aliphatic rings. The molecule has 2 N–H and O–H groups in total. The van der Waals surface area contributed by atoms with Crippen molar-refractivity contribution >= 4 is 11.2 Å². The molecule has 0 aliphatic carbocycles. The fraction of sp³-hybridized carbons (Fsp3) is 0.214. The minimum atomic E-state index is -4.72. The fourth-order valence-corrected chi connectivity index (χ4v) is 2.14. The van der Waals surface area contributed by atoms with Crippen LogP contribution in [0.25, 0.3) is 22.6 Å². The highest BCUT2D eigenvalue weighted by Gasteiger charge is 2.31. The summed E-state index contributed by atoms with van der Waals surface area (Å²) in [5.74, 6) is 0.0574. The van der Waals surface area contributed by atoms with Crippen LogP contribution >= 0.6 is 0 Å². The van der Waals surface area contributed by atoms with E-state index in [1.165, 1.54) is 24.3 Å². The van der Waals surface area contributed by atoms with Crippen molar-refractivity contribution < 1.29 is 17.9 Å². The smallest absolute Gasteiger partial charge is 0.406 e. The Labute approximate surface area is 128 Å². The molecule has 0 spiro atoms. The molecule has 0 aliphatic heterocycles. The van der Waals surface area contributed by atoms with E-state index in [1.807, 2.05) is 0 Å². The number of alkyl halides is 3. The molecule has 0 amide bonds. The lowest BCUT2D eigenvalue weighted by molar-refractivity contribution is -0.274. The maximum atomic E-state index is 12.2. The molecule has 3 aromatic rings. The van der Waals surface area contributed by atoms with Crippen LogP contribution in [0, 0.1) is 0 Å². The lowest BCUT2D eigenvalue weighted by Crippen LogP contribution is -2.16. The van der Waals surface area contributed by atoms with Gasteiger partial charge < -0.3 is 15.0 Å². The van der Waals surface area contributed by atoms with Gasteiger partial charge in [0.1, 0.15) is 11.3 Å². The minimum Gasteiger partial charge on any atom is -0.406 e. The average molecular weight is 323 g/mol. The zero-order valence-electron chi connectivity index (χ0n) is 12.0. The lowest BCUT2D eigenvalue weighted by atomic mass is 10.2. The van der Waals surface area contributed by atoms with E-state index in [0.717, 1.165) is 0 Å². The number of imidazole rings is 1. The SMILES string of the molecule is Cn1cnc2c(CN)nc(-c3ccc(OC(F)(F)F)cc3)nc21. The highest BCUT2D eigenvalue weighted by atomic mass is 19.4. The maximum Gasteiger partial charge on any atom is 0.573 e. The summed E-state index contributed by atoms with van der Waals surface area (Å²) in [6.45, 7) is 0.179. The molecular formula is C14H12F3N5O. The van der Waals surface area contributed by atoms with E-state index in [4.69, 9.17) is 5.73 Å². The first-order chi connectivity index (χ1) is 10.9. The Hall–Kier alpha value is -2.68. The summed E-state index contributed by atoms with van der Waals surface area (Å²) >= 11 is 0. The first-order valence-electron chi connectivity index (χ1n) is 6.61. The summed E-state index contributed by atoms with van der Waals surface area (Å²) in [4.78, 5) is 12.9. The summed E-state index contributed by atoms with van der Waals surface area (Å²) < 4.78 is 42.1. The number of halogens is 3. The predicted octanol–water partition coefficient (Wildman–Crippen LogP) is 2.39. The summed E-state index contributed by atoms with van der Waals surface area (Å²) in [5.41, 5.74) is 8.01. The normalized spacial score (nSPS) is 11.9. The van der Waals surface area contributed by atoms with Gasteiger partial charge in [0.05, 0.1) is 12.0 Å². The van der Waals surface area contributed by atoms with Gasteiger partial charge in [0.25, 0.3) is 0 Å². The summed E-state index contributed by atoms with van der Waals surface area (Å²) in [6, 6.07) is 5.33. The number of nitrogens with zero attached hydrogens (tertiary/aromatic N) is 4. The number of aromatic nitrogens is 4. The van der Waals surface area contributed by atoms with Gasteiger partial charge in [0, 0.05) is 19.2 Å². The zero-order chi connectivity index (χ0) is 16.6. The van der Waals surface area contributed by atoms with Crippen LogP contribution in [0.4, 0.5) is 13.2 Å². The number of nitrogens with two attached hydrogens (primary N) is 1. The lowest BCUT2D eigenvalue weighted by Gasteiger charge is -2.09. The Kier molecular flexibility index (Phi) is 3.64. The molecule has 0 radical (unpaired) electrons. The third-order valence-electron chi connectivity index (χ3n) is 3.17. The summed E-state index contributed by atoms with van der Waals surface area (Å²) in [6.07, 6.45) is -3.12. The molecule has 0 atom stereocenters. The van der Waals surface area contributed by atoms with Gasteiger partial charge in [0.2, 0.25) is 0 Å². The van der Waals surface area contributed by atoms with Crippen LogP contribution in [0.15, 0.2) is 30.6 Å². The third kappa shape index (κ3) is 3.09. The summed E-state index contributed by atoms with van der Waals surface area (Å²) in [7, 11) is 1.78. The van der Waals surface area contributed by atoms with E-state index in [0.29, 0.717) is 28.2 Å². The van der Waals surface area contributed by atoms with Crippen LogP contribution in [-0.2, 0) is 13.6 Å². The van der Waals surface area contributed by atoms with Crippen LogP contribution in [0.3, 0.4) is 0 Å². The Morgan fingerprint density at radius 2 is 1.87 bits per heavy atom. The van der Waals surface area contributed by atoms with E-state index in [1.54, 1.807) is 17.9 Å². The van der Waals surface area contributed by atoms with E-state index in [-0.39, 0.29) is 12.3 Å². The fourth-order valence-electron chi connectivity index (χ4n) is 2.14. The van der Waals surface area contributed by atoms with Gasteiger partial charge in [-0.3, -0.25) is 0 Å². The molecule has 0 saturated carbocycles. The van der Waals surface area contributed by atoms with Gasteiger partial charge >= 0.3 is 6.36 Å². The molecule has 0 fully saturated rings. The number of hydrogen-bond acceptors (Lipinski definition) is 5. The van der Waals surface area contributed by atoms with E-state index in [2.05, 4.69) is 19.7 Å². The number of hydrogen-bond donors (Lipinski definition) is 1. The quantitative estimate of drug-likeness (QED) is 0.800. The van der Waals surface area contributed by atoms with Crippen LogP contribution < -0.4 is 10.5 Å². The molecule has 0 unspecified atom stereocenters. The first-order valence-corrected chi connectivity index (χ1v) is 6.61. The molecule has 1 aromatic carbocycles. The second-order valence-corrected chi connectivity index (χ2v) is 4.80. The van der Waals surface area contributed by atoms with Crippen LogP contribution in [0.2, 0.25) is 0 Å². The largest absolute Gasteiger partial charge is 0.573 e. The van der Waals surface area contributed by atoms with Crippen LogP contribution in [-0.4, -0.2) is 25.9 Å². The van der Waals surface area contributed by atoms with Gasteiger partial charge in [-0.05, 0) is 24.3 Å². The molecule has 6 nitrogen and oxygen atoms in total. The topological polar surface area (TPSA) is 78.9 Å². The van der Waals surface area contributed by atoms with Crippen molar-refractivity contribution in [3.63, 3.8) is 0 Å². The Balaban J connectivity index is 2.01. The average Bonchev–Trinajstić information content (AvgIpc) is 2.87. The Morgan fingerprint density at radius 1 is 1.17 bits per heavy atom. The van der Waals surface area contributed by atoms with E-state index < -0.39 is 6.36 Å². The summed E-state index contributed by atoms with van der Waals surface area (Å²) in [5, 5.41) is 0. The number of aryl methyl sites for hydroxylation is 1. The van der Waals surface area contributed by atoms with E-state index in [9.17, 15) is 13.2 Å². The van der Waals surface area contributed by atoms with Gasteiger partial charge in [-0.2, -0.15) is 0 Å². The van der Waals surface area contributed by atoms with Crippen molar-refractivity contribution in [3.8, 4) is 17.1 Å². The molecule has 0 bridgehead atoms. The van der Waals surface area contributed by atoms with Gasteiger partial charge in [-0.25, -0.2) is 15.0 Å². The van der Waals surface area contributed by atoms with Crippen LogP contribution in [0.1, 0.15) is 5.69 Å². The molecule has 0 saturated heterocycles. The molecule has 2 heterocycles. The first kappa shape index (κ1) is 15.2. The minimum absolute atomic E-state index is 0.179. The van der Waals surface area contributed by atoms with Crippen LogP contribution in [0.5, 0.6) is 5.75 Å². The molecule has 2 aromatic heterocycles. The highest BCUT2D eigenvalue weighted by Crippen LogP contribution is 2.26. The number of rotatable bonds is 3. The molecule has 3 rings (SSSR count). The number of fused-ring (bicyclic) bond motifs is 1. The molecular weight excluding hydrogens is 311 g/mol. The highest BCUT2D eigenvalue weighted by molar-refractivity contribution is 5.76. The van der Waals surface area contributed by atoms with Gasteiger partial charge in [-0.1, -0.05) is 0 Å². The van der Waals surface area contributed by atoms with Gasteiger partial charge in [0.15, 0.2) is 11.5 Å². The van der Waals surface area contributed by atoms with Crippen molar-refractivity contribution in [2.24, 2.45) is 12.8 Å². The molecule has 9 heteroatoms. The van der Waals surface area contributed by atoms with Crippen molar-refractivity contribution in [1.29, 1.82) is 0 Å². The van der Waals surface area contributed by atoms with Crippen molar-refractivity contribution in [2.75, 3.05) is 0 Å². The van der Waals surface area contributed by atoms with Crippen molar-refractivity contribution in [1.82, 2.24) is 19.5 Å². The Bertz CT molecular complexity index is 842. The standard InChI is InChI=1S/C14H12F3N5O/c1-22-7-19-11-10(6-18)20-12(21-13(11)22)8-2-4-9(5-3-8)23-14(15,16)17/h2-5,7H,6,18H2,1H3. The zero-order valence-corrected chi connectivity index (χ0v) is 12.0. The molecule has 23 heavy (non-hydrogen) atoms. The van der Waals surface area contributed by atoms with Gasteiger partial charge in [-0.15, -0.1) is 13.2 Å². The second-order valence-electron chi connectivity index (χ2n) is 4.80. The predicted molar refractivity (Wildman–Crippen MR) is 76.3 cm³/mol. The monoisotopic (exact) mass is 323 g/mol. The maximum absolute atomic E-state index is 12.2. The van der Waals surface area contributed by atoms with Crippen molar-refractivity contribution in [3.05, 3.63) is 36.3 Å². The number of benzene rings is 1. The third-order valence-corrected chi connectivity index (χ3v) is 3.17.